The van der Waals surface area contributed by atoms with Crippen molar-refractivity contribution in [2.75, 3.05) is 19.6 Å². The predicted octanol–water partition coefficient (Wildman–Crippen LogP) is -1.41. The van der Waals surface area contributed by atoms with Crippen molar-refractivity contribution in [2.45, 2.75) is 45.2 Å². The quantitative estimate of drug-likeness (QED) is 0.349. The molecule has 1 saturated heterocycles. The highest BCUT2D eigenvalue weighted by molar-refractivity contribution is 5.92. The van der Waals surface area contributed by atoms with Gasteiger partial charge >= 0.3 is 5.97 Å². The van der Waals surface area contributed by atoms with Gasteiger partial charge in [0.2, 0.25) is 17.7 Å². The van der Waals surface area contributed by atoms with Crippen LogP contribution in [0.25, 0.3) is 0 Å². The van der Waals surface area contributed by atoms with E-state index in [1.807, 2.05) is 13.8 Å². The first-order valence-corrected chi connectivity index (χ1v) is 8.09. The Labute approximate surface area is 140 Å². The van der Waals surface area contributed by atoms with Crippen molar-refractivity contribution in [2.24, 2.45) is 5.92 Å². The number of hydrogen-bond acceptors (Lipinski definition) is 5. The molecule has 0 radical (unpaired) electrons. The van der Waals surface area contributed by atoms with Crippen LogP contribution in [0, 0.1) is 5.92 Å². The third-order valence-electron chi connectivity index (χ3n) is 3.57. The van der Waals surface area contributed by atoms with Gasteiger partial charge in [-0.15, -0.1) is 0 Å². The molecule has 2 unspecified atom stereocenters. The molecule has 5 N–H and O–H groups in total. The molecule has 1 rings (SSSR count). The topological polar surface area (TPSA) is 137 Å². The number of carboxylic acid groups (broad SMARTS) is 1. The van der Waals surface area contributed by atoms with Crippen molar-refractivity contribution in [3.8, 4) is 0 Å². The lowest BCUT2D eigenvalue weighted by Crippen LogP contribution is -2.51. The highest BCUT2D eigenvalue weighted by atomic mass is 16.4. The Balaban J connectivity index is 2.45. The molecule has 3 amide bonds. The first-order chi connectivity index (χ1) is 11.3. The van der Waals surface area contributed by atoms with Gasteiger partial charge in [-0.2, -0.15) is 0 Å². The van der Waals surface area contributed by atoms with Crippen molar-refractivity contribution in [1.29, 1.82) is 0 Å². The first-order valence-electron chi connectivity index (χ1n) is 8.09. The fourth-order valence-corrected chi connectivity index (χ4v) is 2.43. The van der Waals surface area contributed by atoms with Gasteiger partial charge in [-0.25, -0.2) is 0 Å². The van der Waals surface area contributed by atoms with Gasteiger partial charge in [0.05, 0.1) is 12.6 Å². The molecule has 9 heteroatoms. The molecule has 0 saturated carbocycles. The first kappa shape index (κ1) is 19.9. The van der Waals surface area contributed by atoms with Crippen LogP contribution in [0.15, 0.2) is 0 Å². The molecule has 1 aliphatic rings. The van der Waals surface area contributed by atoms with E-state index in [9.17, 15) is 19.2 Å². The number of aliphatic carboxylic acids is 1. The minimum absolute atomic E-state index is 0.128. The highest BCUT2D eigenvalue weighted by Crippen LogP contribution is 2.06. The maximum absolute atomic E-state index is 12.0. The van der Waals surface area contributed by atoms with Crippen LogP contribution < -0.4 is 21.3 Å². The van der Waals surface area contributed by atoms with Crippen LogP contribution in [-0.4, -0.2) is 60.5 Å². The minimum Gasteiger partial charge on any atom is -0.480 e. The van der Waals surface area contributed by atoms with Gasteiger partial charge in [0.1, 0.15) is 12.6 Å². The van der Waals surface area contributed by atoms with E-state index in [4.69, 9.17) is 5.11 Å². The number of hydrogen-bond donors (Lipinski definition) is 5. The van der Waals surface area contributed by atoms with Crippen LogP contribution in [-0.2, 0) is 19.2 Å². The van der Waals surface area contributed by atoms with Crippen molar-refractivity contribution in [3.63, 3.8) is 0 Å². The molecule has 24 heavy (non-hydrogen) atoms. The average Bonchev–Trinajstić information content (AvgIpc) is 3.03. The van der Waals surface area contributed by atoms with Crippen molar-refractivity contribution >= 4 is 23.7 Å². The molecule has 0 aliphatic carbocycles. The van der Waals surface area contributed by atoms with E-state index in [0.29, 0.717) is 6.42 Å². The summed E-state index contributed by atoms with van der Waals surface area (Å²) in [5, 5.41) is 19.0. The summed E-state index contributed by atoms with van der Waals surface area (Å²) in [5.41, 5.74) is 0. The van der Waals surface area contributed by atoms with Crippen LogP contribution in [0.5, 0.6) is 0 Å². The molecule has 9 nitrogen and oxygen atoms in total. The average molecular weight is 342 g/mol. The van der Waals surface area contributed by atoms with Crippen molar-refractivity contribution in [3.05, 3.63) is 0 Å². The maximum atomic E-state index is 12.0. The molecule has 0 aromatic carbocycles. The number of amides is 3. The van der Waals surface area contributed by atoms with Gasteiger partial charge in [-0.1, -0.05) is 13.8 Å². The summed E-state index contributed by atoms with van der Waals surface area (Å²) < 4.78 is 0. The summed E-state index contributed by atoms with van der Waals surface area (Å²) >= 11 is 0. The summed E-state index contributed by atoms with van der Waals surface area (Å²) in [6.45, 7) is 3.82. The van der Waals surface area contributed by atoms with Crippen LogP contribution in [0.4, 0.5) is 0 Å². The predicted molar refractivity (Wildman–Crippen MR) is 86.1 cm³/mol. The maximum Gasteiger partial charge on any atom is 0.322 e. The highest BCUT2D eigenvalue weighted by Gasteiger charge is 2.24. The molecule has 0 aromatic heterocycles. The zero-order chi connectivity index (χ0) is 18.1. The Morgan fingerprint density at radius 3 is 2.42 bits per heavy atom. The monoisotopic (exact) mass is 342 g/mol. The Hall–Kier alpha value is -2.16. The van der Waals surface area contributed by atoms with E-state index in [1.54, 1.807) is 0 Å². The number of carboxylic acids is 1. The number of carbonyl (C=O) groups is 4. The SMILES string of the molecule is CC(C)CC(NC(=O)CNC(=O)C1CCCN1)C(=O)NCC(=O)O. The minimum atomic E-state index is -1.16. The van der Waals surface area contributed by atoms with Crippen LogP contribution in [0.2, 0.25) is 0 Å². The van der Waals surface area contributed by atoms with Crippen molar-refractivity contribution < 1.29 is 24.3 Å². The second-order valence-electron chi connectivity index (χ2n) is 6.23. The Kier molecular flexibility index (Phi) is 8.17. The zero-order valence-corrected chi connectivity index (χ0v) is 14.1. The largest absolute Gasteiger partial charge is 0.480 e. The van der Waals surface area contributed by atoms with E-state index in [0.717, 1.165) is 19.4 Å². The van der Waals surface area contributed by atoms with E-state index >= 15 is 0 Å². The third-order valence-corrected chi connectivity index (χ3v) is 3.57. The number of carbonyl (C=O) groups excluding carboxylic acids is 3. The molecular weight excluding hydrogens is 316 g/mol. The fourth-order valence-electron chi connectivity index (χ4n) is 2.43. The smallest absolute Gasteiger partial charge is 0.322 e. The molecule has 2 atom stereocenters. The lowest BCUT2D eigenvalue weighted by atomic mass is 10.0. The third kappa shape index (κ3) is 7.40. The molecule has 0 aromatic rings. The lowest BCUT2D eigenvalue weighted by Gasteiger charge is -2.20. The summed E-state index contributed by atoms with van der Waals surface area (Å²) in [6.07, 6.45) is 2.03. The van der Waals surface area contributed by atoms with E-state index in [-0.39, 0.29) is 24.4 Å². The normalized spacial score (nSPS) is 18.0. The molecular formula is C15H26N4O5. The molecule has 1 aliphatic heterocycles. The molecule has 1 heterocycles. The van der Waals surface area contributed by atoms with Crippen LogP contribution in [0.1, 0.15) is 33.1 Å². The second kappa shape index (κ2) is 9.86. The van der Waals surface area contributed by atoms with E-state index in [2.05, 4.69) is 21.3 Å². The second-order valence-corrected chi connectivity index (χ2v) is 6.23. The number of rotatable bonds is 9. The van der Waals surface area contributed by atoms with E-state index < -0.39 is 30.4 Å². The molecule has 136 valence electrons. The zero-order valence-electron chi connectivity index (χ0n) is 14.1. The summed E-state index contributed by atoms with van der Waals surface area (Å²) in [4.78, 5) is 46.3. The molecule has 0 spiro atoms. The van der Waals surface area contributed by atoms with Crippen LogP contribution >= 0.6 is 0 Å². The summed E-state index contributed by atoms with van der Waals surface area (Å²) in [5.74, 6) is -2.31. The Bertz CT molecular complexity index is 474. The molecule has 0 bridgehead atoms. The van der Waals surface area contributed by atoms with Gasteiger partial charge in [0, 0.05) is 0 Å². The summed E-state index contributed by atoms with van der Waals surface area (Å²) in [7, 11) is 0. The van der Waals surface area contributed by atoms with Gasteiger partial charge < -0.3 is 26.4 Å². The van der Waals surface area contributed by atoms with Crippen LogP contribution in [0.3, 0.4) is 0 Å². The summed E-state index contributed by atoms with van der Waals surface area (Å²) in [6, 6.07) is -1.11. The van der Waals surface area contributed by atoms with Gasteiger partial charge in [-0.3, -0.25) is 19.2 Å². The van der Waals surface area contributed by atoms with Crippen molar-refractivity contribution in [1.82, 2.24) is 21.3 Å². The number of nitrogens with one attached hydrogen (secondary N) is 4. The standard InChI is InChI=1S/C15H26N4O5/c1-9(2)6-11(15(24)18-8-13(21)22)19-12(20)7-17-14(23)10-4-3-5-16-10/h9-11,16H,3-8H2,1-2H3,(H,17,23)(H,18,24)(H,19,20)(H,21,22). The van der Waals surface area contributed by atoms with Gasteiger partial charge in [0.15, 0.2) is 0 Å². The van der Waals surface area contributed by atoms with Gasteiger partial charge in [-0.05, 0) is 31.7 Å². The Morgan fingerprint density at radius 1 is 1.17 bits per heavy atom. The Morgan fingerprint density at radius 2 is 1.88 bits per heavy atom. The molecule has 1 fully saturated rings. The fraction of sp³-hybridized carbons (Fsp3) is 0.733. The van der Waals surface area contributed by atoms with Gasteiger partial charge in [0.25, 0.3) is 0 Å². The van der Waals surface area contributed by atoms with E-state index in [1.165, 1.54) is 0 Å². The lowest BCUT2D eigenvalue weighted by molar-refractivity contribution is -0.138.